The molecule has 0 fully saturated rings. The van der Waals surface area contributed by atoms with Crippen LogP contribution < -0.4 is 27.3 Å². The van der Waals surface area contributed by atoms with Crippen LogP contribution in [0.4, 0.5) is 0 Å². The maximum absolute atomic E-state index is 5.30. The predicted molar refractivity (Wildman–Crippen MR) is 228 cm³/mol. The monoisotopic (exact) mass is 657 g/mol. The molecule has 9 rings (SSSR count). The lowest BCUT2D eigenvalue weighted by molar-refractivity contribution is 1.08. The molecule has 10 heteroatoms. The summed E-state index contributed by atoms with van der Waals surface area (Å²) >= 11 is 3.70. The second-order valence-corrected chi connectivity index (χ2v) is 15.1. The van der Waals surface area contributed by atoms with Crippen LogP contribution >= 0.6 is 22.7 Å². The van der Waals surface area contributed by atoms with Crippen molar-refractivity contribution in [1.82, 2.24) is 15.0 Å². The van der Waals surface area contributed by atoms with E-state index < -0.39 is 0 Å². The van der Waals surface area contributed by atoms with Crippen LogP contribution in [0.1, 0.15) is 0 Å². The lowest BCUT2D eigenvalue weighted by Crippen LogP contribution is -2.55. The Morgan fingerprint density at radius 3 is 1.84 bits per heavy atom. The van der Waals surface area contributed by atoms with Gasteiger partial charge >= 0.3 is 0 Å². The summed E-state index contributed by atoms with van der Waals surface area (Å²) in [5, 5.41) is 5.04. The van der Waals surface area contributed by atoms with Gasteiger partial charge in [0.05, 0.1) is 0 Å². The molecule has 226 valence electrons. The van der Waals surface area contributed by atoms with Crippen molar-refractivity contribution in [3.05, 3.63) is 109 Å². The summed E-state index contributed by atoms with van der Waals surface area (Å²) in [7, 11) is 11.0. The Morgan fingerprint density at radius 2 is 1.02 bits per heavy atom. The number of fused-ring (bicyclic) bond motifs is 6. The number of aromatic nitrogens is 3. The standard InChI is InChI=1S/C39H28B5N3S2/c40-31-30(32(41)34(43)35(44)33(31)42)39-46-37(19-8-2-1-3-9-19)45-38(47-39)24-13-7-15-28-29(24)25-18-20(16-17-27(25)48-28)21-11-6-12-23-22-10-4-5-14-26(22)49-36(21)23/h1-18H,40-44H2. The van der Waals surface area contributed by atoms with Crippen molar-refractivity contribution in [2.24, 2.45) is 0 Å². The molecule has 0 saturated heterocycles. The molecular formula is C39H28B5N3S2. The highest BCUT2D eigenvalue weighted by Gasteiger charge is 2.21. The average Bonchev–Trinajstić information content (AvgIpc) is 3.72. The Labute approximate surface area is 297 Å². The summed E-state index contributed by atoms with van der Waals surface area (Å²) in [5.41, 5.74) is 11.9. The molecule has 49 heavy (non-hydrogen) atoms. The Morgan fingerprint density at radius 1 is 0.408 bits per heavy atom. The minimum atomic E-state index is 0.684. The molecule has 0 bridgehead atoms. The Hall–Kier alpha value is -4.91. The van der Waals surface area contributed by atoms with E-state index >= 15 is 0 Å². The highest BCUT2D eigenvalue weighted by molar-refractivity contribution is 7.26. The van der Waals surface area contributed by atoms with Gasteiger partial charge < -0.3 is 0 Å². The van der Waals surface area contributed by atoms with Crippen molar-refractivity contribution in [1.29, 1.82) is 0 Å². The molecule has 0 aliphatic heterocycles. The molecule has 0 radical (unpaired) electrons. The smallest absolute Gasteiger partial charge is 0.164 e. The Bertz CT molecular complexity index is 2760. The first-order chi connectivity index (χ1) is 23.9. The van der Waals surface area contributed by atoms with E-state index in [1.807, 2.05) is 40.9 Å². The average molecular weight is 657 g/mol. The van der Waals surface area contributed by atoms with E-state index in [4.69, 9.17) is 15.0 Å². The molecule has 0 N–H and O–H groups in total. The van der Waals surface area contributed by atoms with Gasteiger partial charge in [-0.3, -0.25) is 0 Å². The molecule has 0 aliphatic carbocycles. The van der Waals surface area contributed by atoms with E-state index in [1.165, 1.54) is 78.8 Å². The van der Waals surface area contributed by atoms with E-state index in [1.54, 1.807) is 0 Å². The van der Waals surface area contributed by atoms with Gasteiger partial charge in [-0.15, -0.1) is 39.1 Å². The van der Waals surface area contributed by atoms with Gasteiger partial charge in [0.25, 0.3) is 0 Å². The molecular weight excluding hydrogens is 629 g/mol. The summed E-state index contributed by atoms with van der Waals surface area (Å²) in [6.45, 7) is 0. The van der Waals surface area contributed by atoms with Crippen LogP contribution in [-0.4, -0.2) is 54.2 Å². The van der Waals surface area contributed by atoms with Gasteiger partial charge in [-0.05, 0) is 35.4 Å². The zero-order valence-electron chi connectivity index (χ0n) is 28.1. The normalized spacial score (nSPS) is 11.7. The molecule has 9 aromatic rings. The zero-order valence-corrected chi connectivity index (χ0v) is 29.7. The summed E-state index contributed by atoms with van der Waals surface area (Å²) < 4.78 is 5.12. The summed E-state index contributed by atoms with van der Waals surface area (Å²) in [5.74, 6) is 2.10. The SMILES string of the molecule is Bc1c(B)c(B)c(-c2nc(-c3ccccc3)nc(-c3cccc4sc5ccc(-c6cccc7c6sc6ccccc67)cc5c34)n2)c(B)c1B. The molecule has 0 amide bonds. The first kappa shape index (κ1) is 30.2. The maximum Gasteiger partial charge on any atom is 0.164 e. The topological polar surface area (TPSA) is 38.7 Å². The van der Waals surface area contributed by atoms with Crippen molar-refractivity contribution < 1.29 is 0 Å². The molecule has 0 atom stereocenters. The fourth-order valence-corrected chi connectivity index (χ4v) is 9.67. The first-order valence-corrected chi connectivity index (χ1v) is 18.3. The van der Waals surface area contributed by atoms with Gasteiger partial charge in [0.2, 0.25) is 0 Å². The minimum absolute atomic E-state index is 0.684. The number of benzene rings is 6. The van der Waals surface area contributed by atoms with Crippen LogP contribution in [0.5, 0.6) is 0 Å². The third kappa shape index (κ3) is 4.80. The van der Waals surface area contributed by atoms with Crippen LogP contribution in [0.15, 0.2) is 109 Å². The van der Waals surface area contributed by atoms with Crippen molar-refractivity contribution in [3.8, 4) is 45.3 Å². The van der Waals surface area contributed by atoms with Gasteiger partial charge in [0.15, 0.2) is 17.5 Å². The summed E-state index contributed by atoms with van der Waals surface area (Å²) in [4.78, 5) is 15.6. The fraction of sp³-hybridized carbons (Fsp3) is 0. The molecule has 0 spiro atoms. The van der Waals surface area contributed by atoms with Gasteiger partial charge in [0, 0.05) is 57.0 Å². The molecule has 6 aromatic carbocycles. The van der Waals surface area contributed by atoms with Crippen molar-refractivity contribution >= 4 is 130 Å². The first-order valence-electron chi connectivity index (χ1n) is 16.6. The molecule has 3 nitrogen and oxygen atoms in total. The number of thiophene rings is 2. The van der Waals surface area contributed by atoms with Crippen LogP contribution in [0.3, 0.4) is 0 Å². The highest BCUT2D eigenvalue weighted by atomic mass is 32.1. The maximum atomic E-state index is 5.30. The summed E-state index contributed by atoms with van der Waals surface area (Å²) in [6.07, 6.45) is 0. The molecule has 0 unspecified atom stereocenters. The van der Waals surface area contributed by atoms with Crippen molar-refractivity contribution in [3.63, 3.8) is 0 Å². The number of nitrogens with zero attached hydrogens (tertiary/aromatic N) is 3. The largest absolute Gasteiger partial charge is 0.208 e. The number of rotatable bonds is 4. The zero-order chi connectivity index (χ0) is 33.4. The summed E-state index contributed by atoms with van der Waals surface area (Å²) in [6, 6.07) is 39.1. The fourth-order valence-electron chi connectivity index (χ4n) is 7.32. The third-order valence-corrected chi connectivity index (χ3v) is 12.7. The van der Waals surface area contributed by atoms with Crippen LogP contribution in [-0.2, 0) is 0 Å². The van der Waals surface area contributed by atoms with Crippen LogP contribution in [0.2, 0.25) is 0 Å². The third-order valence-electron chi connectivity index (χ3n) is 10.3. The van der Waals surface area contributed by atoms with Crippen LogP contribution in [0, 0.1) is 0 Å². The lowest BCUT2D eigenvalue weighted by atomic mass is 9.60. The van der Waals surface area contributed by atoms with E-state index in [0.717, 1.165) is 22.5 Å². The van der Waals surface area contributed by atoms with E-state index in [0.29, 0.717) is 11.6 Å². The van der Waals surface area contributed by atoms with Gasteiger partial charge in [0.1, 0.15) is 39.2 Å². The van der Waals surface area contributed by atoms with E-state index in [9.17, 15) is 0 Å². The van der Waals surface area contributed by atoms with Crippen molar-refractivity contribution in [2.75, 3.05) is 0 Å². The predicted octanol–water partition coefficient (Wildman–Crippen LogP) is 2.57. The quantitative estimate of drug-likeness (QED) is 0.274. The van der Waals surface area contributed by atoms with Gasteiger partial charge in [-0.25, -0.2) is 15.0 Å². The lowest BCUT2D eigenvalue weighted by Gasteiger charge is -2.20. The second-order valence-electron chi connectivity index (χ2n) is 12.9. The number of hydrogen-bond acceptors (Lipinski definition) is 5. The van der Waals surface area contributed by atoms with Crippen molar-refractivity contribution in [2.45, 2.75) is 0 Å². The molecule has 0 aliphatic rings. The minimum Gasteiger partial charge on any atom is -0.208 e. The number of hydrogen-bond donors (Lipinski definition) is 0. The van der Waals surface area contributed by atoms with E-state index in [-0.39, 0.29) is 0 Å². The van der Waals surface area contributed by atoms with Gasteiger partial charge in [-0.1, -0.05) is 95.9 Å². The molecule has 3 aromatic heterocycles. The molecule has 3 heterocycles. The Balaban J connectivity index is 1.30. The molecule has 0 saturated carbocycles. The van der Waals surface area contributed by atoms with Crippen LogP contribution in [0.25, 0.3) is 85.6 Å². The second kappa shape index (κ2) is 11.6. The van der Waals surface area contributed by atoms with Gasteiger partial charge in [-0.2, -0.15) is 0 Å². The van der Waals surface area contributed by atoms with E-state index in [2.05, 4.69) is 130 Å². The Kier molecular flexibility index (Phi) is 7.15. The highest BCUT2D eigenvalue weighted by Crippen LogP contribution is 2.44.